The average molecular weight is 220 g/mol. The molecule has 0 fully saturated rings. The van der Waals surface area contributed by atoms with Crippen molar-refractivity contribution in [1.29, 1.82) is 0 Å². The van der Waals surface area contributed by atoms with Gasteiger partial charge in [-0.3, -0.25) is 0 Å². The molecule has 0 amide bonds. The standard InChI is InChI=1S/C12H13FN2O/c1-8-6-7-15(14-8)12-10(9(2)16)4-3-5-11(12)13/h3-7,9,16H,1-2H3/t9-/m1/s1. The van der Waals surface area contributed by atoms with E-state index in [1.807, 2.05) is 6.92 Å². The lowest BCUT2D eigenvalue weighted by Crippen LogP contribution is -2.06. The number of aliphatic hydroxyl groups is 1. The van der Waals surface area contributed by atoms with E-state index in [1.54, 1.807) is 31.3 Å². The highest BCUT2D eigenvalue weighted by Crippen LogP contribution is 2.23. The molecule has 1 N–H and O–H groups in total. The molecule has 0 bridgehead atoms. The van der Waals surface area contributed by atoms with Crippen LogP contribution in [-0.4, -0.2) is 14.9 Å². The number of aryl methyl sites for hydroxylation is 1. The molecule has 0 saturated heterocycles. The fourth-order valence-electron chi connectivity index (χ4n) is 1.65. The molecule has 2 rings (SSSR count). The quantitative estimate of drug-likeness (QED) is 0.843. The summed E-state index contributed by atoms with van der Waals surface area (Å²) in [6, 6.07) is 6.42. The topological polar surface area (TPSA) is 38.0 Å². The van der Waals surface area contributed by atoms with E-state index in [2.05, 4.69) is 5.10 Å². The van der Waals surface area contributed by atoms with E-state index in [0.717, 1.165) is 5.69 Å². The molecular weight excluding hydrogens is 207 g/mol. The van der Waals surface area contributed by atoms with Crippen molar-refractivity contribution in [2.45, 2.75) is 20.0 Å². The summed E-state index contributed by atoms with van der Waals surface area (Å²) in [6.07, 6.45) is 0.954. The largest absolute Gasteiger partial charge is 0.389 e. The molecule has 0 radical (unpaired) electrons. The van der Waals surface area contributed by atoms with Crippen LogP contribution in [0.2, 0.25) is 0 Å². The second kappa shape index (κ2) is 4.06. The number of aliphatic hydroxyl groups excluding tert-OH is 1. The van der Waals surface area contributed by atoms with E-state index < -0.39 is 6.10 Å². The second-order valence-electron chi connectivity index (χ2n) is 3.76. The number of benzene rings is 1. The lowest BCUT2D eigenvalue weighted by molar-refractivity contribution is 0.198. The Morgan fingerprint density at radius 3 is 2.69 bits per heavy atom. The number of rotatable bonds is 2. The summed E-state index contributed by atoms with van der Waals surface area (Å²) in [5.41, 5.74) is 1.65. The summed E-state index contributed by atoms with van der Waals surface area (Å²) < 4.78 is 15.2. The predicted octanol–water partition coefficient (Wildman–Crippen LogP) is 2.37. The van der Waals surface area contributed by atoms with Gasteiger partial charge in [0.05, 0.1) is 11.8 Å². The molecule has 84 valence electrons. The first-order valence-electron chi connectivity index (χ1n) is 5.08. The van der Waals surface area contributed by atoms with Crippen molar-refractivity contribution in [3.63, 3.8) is 0 Å². The molecule has 0 aliphatic heterocycles. The average Bonchev–Trinajstić information content (AvgIpc) is 2.64. The zero-order valence-corrected chi connectivity index (χ0v) is 9.18. The molecule has 1 atom stereocenters. The molecule has 3 nitrogen and oxygen atoms in total. The fourth-order valence-corrected chi connectivity index (χ4v) is 1.65. The van der Waals surface area contributed by atoms with Crippen molar-refractivity contribution in [1.82, 2.24) is 9.78 Å². The smallest absolute Gasteiger partial charge is 0.149 e. The molecule has 1 heterocycles. The Morgan fingerprint density at radius 1 is 1.38 bits per heavy atom. The van der Waals surface area contributed by atoms with Crippen molar-refractivity contribution in [2.24, 2.45) is 0 Å². The number of nitrogens with zero attached hydrogens (tertiary/aromatic N) is 2. The van der Waals surface area contributed by atoms with Gasteiger partial charge in [-0.25, -0.2) is 9.07 Å². The third-order valence-electron chi connectivity index (χ3n) is 2.42. The molecule has 0 unspecified atom stereocenters. The molecule has 1 aromatic heterocycles. The highest BCUT2D eigenvalue weighted by atomic mass is 19.1. The molecule has 0 aliphatic rings. The van der Waals surface area contributed by atoms with Crippen molar-refractivity contribution >= 4 is 0 Å². The van der Waals surface area contributed by atoms with Crippen LogP contribution in [0.5, 0.6) is 0 Å². The Labute approximate surface area is 93.2 Å². The summed E-state index contributed by atoms with van der Waals surface area (Å²) in [4.78, 5) is 0. The molecule has 2 aromatic rings. The van der Waals surface area contributed by atoms with Gasteiger partial charge in [-0.15, -0.1) is 0 Å². The maximum atomic E-state index is 13.7. The van der Waals surface area contributed by atoms with Crippen LogP contribution >= 0.6 is 0 Å². The van der Waals surface area contributed by atoms with Gasteiger partial charge in [0.2, 0.25) is 0 Å². The van der Waals surface area contributed by atoms with Gasteiger partial charge in [-0.2, -0.15) is 5.10 Å². The molecule has 16 heavy (non-hydrogen) atoms. The molecule has 4 heteroatoms. The summed E-state index contributed by atoms with van der Waals surface area (Å²) in [5, 5.41) is 13.7. The number of aromatic nitrogens is 2. The minimum absolute atomic E-state index is 0.311. The Bertz CT molecular complexity index is 505. The Balaban J connectivity index is 2.62. The Morgan fingerprint density at radius 2 is 2.12 bits per heavy atom. The van der Waals surface area contributed by atoms with Crippen LogP contribution in [0.15, 0.2) is 30.5 Å². The van der Waals surface area contributed by atoms with Gasteiger partial charge >= 0.3 is 0 Å². The Kier molecular flexibility index (Phi) is 2.75. The number of hydrogen-bond donors (Lipinski definition) is 1. The molecule has 0 spiro atoms. The predicted molar refractivity (Wildman–Crippen MR) is 58.9 cm³/mol. The van der Waals surface area contributed by atoms with Gasteiger partial charge in [0.25, 0.3) is 0 Å². The number of hydrogen-bond acceptors (Lipinski definition) is 2. The van der Waals surface area contributed by atoms with Crippen molar-refractivity contribution < 1.29 is 9.50 Å². The third-order valence-corrected chi connectivity index (χ3v) is 2.42. The summed E-state index contributed by atoms with van der Waals surface area (Å²) in [7, 11) is 0. The van der Waals surface area contributed by atoms with Crippen LogP contribution in [0, 0.1) is 12.7 Å². The van der Waals surface area contributed by atoms with Crippen molar-refractivity contribution in [3.8, 4) is 5.69 Å². The first kappa shape index (κ1) is 10.8. The van der Waals surface area contributed by atoms with Gasteiger partial charge in [0, 0.05) is 11.8 Å². The van der Waals surface area contributed by atoms with Crippen molar-refractivity contribution in [3.05, 3.63) is 47.5 Å². The molecule has 0 aliphatic carbocycles. The second-order valence-corrected chi connectivity index (χ2v) is 3.76. The monoisotopic (exact) mass is 220 g/mol. The van der Waals surface area contributed by atoms with Gasteiger partial charge in [0.15, 0.2) is 0 Å². The van der Waals surface area contributed by atoms with E-state index in [-0.39, 0.29) is 5.82 Å². The normalized spacial score (nSPS) is 12.8. The van der Waals surface area contributed by atoms with Gasteiger partial charge in [-0.05, 0) is 26.0 Å². The van der Waals surface area contributed by atoms with Gasteiger partial charge < -0.3 is 5.11 Å². The molecule has 1 aromatic carbocycles. The first-order chi connectivity index (χ1) is 7.59. The lowest BCUT2D eigenvalue weighted by Gasteiger charge is -2.12. The van der Waals surface area contributed by atoms with Crippen LogP contribution in [0.3, 0.4) is 0 Å². The maximum absolute atomic E-state index is 13.7. The van der Waals surface area contributed by atoms with Crippen LogP contribution in [0.4, 0.5) is 4.39 Å². The fraction of sp³-hybridized carbons (Fsp3) is 0.250. The van der Waals surface area contributed by atoms with Gasteiger partial charge in [-0.1, -0.05) is 12.1 Å². The minimum Gasteiger partial charge on any atom is -0.389 e. The van der Waals surface area contributed by atoms with E-state index >= 15 is 0 Å². The molecule has 0 saturated carbocycles. The van der Waals surface area contributed by atoms with Crippen molar-refractivity contribution in [2.75, 3.05) is 0 Å². The first-order valence-corrected chi connectivity index (χ1v) is 5.08. The van der Waals surface area contributed by atoms with E-state index in [9.17, 15) is 9.50 Å². The zero-order valence-electron chi connectivity index (χ0n) is 9.18. The highest BCUT2D eigenvalue weighted by Gasteiger charge is 2.14. The van der Waals surface area contributed by atoms with Crippen LogP contribution < -0.4 is 0 Å². The summed E-state index contributed by atoms with van der Waals surface area (Å²) >= 11 is 0. The number of para-hydroxylation sites is 1. The Hall–Kier alpha value is -1.68. The third kappa shape index (κ3) is 1.84. The number of halogens is 1. The maximum Gasteiger partial charge on any atom is 0.149 e. The van der Waals surface area contributed by atoms with Crippen LogP contribution in [0.25, 0.3) is 5.69 Å². The van der Waals surface area contributed by atoms with Crippen LogP contribution in [0.1, 0.15) is 24.3 Å². The van der Waals surface area contributed by atoms with E-state index in [4.69, 9.17) is 0 Å². The van der Waals surface area contributed by atoms with E-state index in [1.165, 1.54) is 10.7 Å². The lowest BCUT2D eigenvalue weighted by atomic mass is 10.1. The zero-order chi connectivity index (χ0) is 11.7. The SMILES string of the molecule is Cc1ccn(-c2c(F)cccc2[C@@H](C)O)n1. The van der Waals surface area contributed by atoms with Gasteiger partial charge in [0.1, 0.15) is 11.5 Å². The summed E-state index contributed by atoms with van der Waals surface area (Å²) in [6.45, 7) is 3.44. The molecular formula is C12H13FN2O. The summed E-state index contributed by atoms with van der Waals surface area (Å²) in [5.74, 6) is -0.387. The highest BCUT2D eigenvalue weighted by molar-refractivity contribution is 5.43. The minimum atomic E-state index is -0.727. The van der Waals surface area contributed by atoms with E-state index in [0.29, 0.717) is 11.3 Å². The van der Waals surface area contributed by atoms with Crippen LogP contribution in [-0.2, 0) is 0 Å².